The van der Waals surface area contributed by atoms with Crippen molar-refractivity contribution in [1.82, 2.24) is 15.2 Å². The van der Waals surface area contributed by atoms with Crippen molar-refractivity contribution in [3.63, 3.8) is 0 Å². The van der Waals surface area contributed by atoms with Gasteiger partial charge in [0.25, 0.3) is 5.69 Å². The van der Waals surface area contributed by atoms with Gasteiger partial charge in [-0.2, -0.15) is 5.10 Å². The van der Waals surface area contributed by atoms with Crippen molar-refractivity contribution in [2.45, 2.75) is 23.4 Å². The lowest BCUT2D eigenvalue weighted by atomic mass is 10.2. The number of hydrogen-bond donors (Lipinski definition) is 2. The Labute approximate surface area is 114 Å². The molecule has 0 spiro atoms. The van der Waals surface area contributed by atoms with Crippen molar-refractivity contribution in [3.8, 4) is 0 Å². The fourth-order valence-corrected chi connectivity index (χ4v) is 2.26. The van der Waals surface area contributed by atoms with Gasteiger partial charge in [-0.25, -0.2) is 4.98 Å². The van der Waals surface area contributed by atoms with Crippen LogP contribution in [-0.2, 0) is 0 Å². The van der Waals surface area contributed by atoms with Crippen molar-refractivity contribution in [2.75, 3.05) is 11.9 Å². The van der Waals surface area contributed by atoms with E-state index >= 15 is 0 Å². The predicted molar refractivity (Wildman–Crippen MR) is 72.4 cm³/mol. The van der Waals surface area contributed by atoms with E-state index < -0.39 is 4.92 Å². The van der Waals surface area contributed by atoms with Crippen molar-refractivity contribution >= 4 is 23.1 Å². The molecule has 1 aromatic carbocycles. The van der Waals surface area contributed by atoms with Gasteiger partial charge in [-0.1, -0.05) is 18.7 Å². The summed E-state index contributed by atoms with van der Waals surface area (Å²) in [5.74, 6) is 0. The highest BCUT2D eigenvalue weighted by Gasteiger charge is 2.11. The normalized spacial score (nSPS) is 10.4. The SMILES string of the molecule is CCCNc1cc(Sc2ncn[nH]2)cc([N+](=O)[O-])c1. The third kappa shape index (κ3) is 3.68. The molecule has 0 amide bonds. The van der Waals surface area contributed by atoms with E-state index in [1.807, 2.05) is 13.0 Å². The van der Waals surface area contributed by atoms with Crippen LogP contribution >= 0.6 is 11.8 Å². The third-order valence-corrected chi connectivity index (χ3v) is 3.15. The quantitative estimate of drug-likeness (QED) is 0.623. The molecule has 1 heterocycles. The number of aromatic nitrogens is 3. The second-order valence-corrected chi connectivity index (χ2v) is 4.85. The van der Waals surface area contributed by atoms with E-state index in [1.165, 1.54) is 30.2 Å². The highest BCUT2D eigenvalue weighted by Crippen LogP contribution is 2.30. The first kappa shape index (κ1) is 13.3. The predicted octanol–water partition coefficient (Wildman–Crippen LogP) is 2.69. The number of aromatic amines is 1. The molecule has 0 bridgehead atoms. The molecule has 0 saturated heterocycles. The highest BCUT2D eigenvalue weighted by molar-refractivity contribution is 7.99. The average molecular weight is 279 g/mol. The van der Waals surface area contributed by atoms with Crippen molar-refractivity contribution in [3.05, 3.63) is 34.6 Å². The lowest BCUT2D eigenvalue weighted by Gasteiger charge is -2.06. The van der Waals surface area contributed by atoms with Crippen LogP contribution in [0.4, 0.5) is 11.4 Å². The molecule has 8 heteroatoms. The Bertz CT molecular complexity index is 558. The van der Waals surface area contributed by atoms with E-state index in [0.29, 0.717) is 5.16 Å². The van der Waals surface area contributed by atoms with Crippen molar-refractivity contribution in [2.24, 2.45) is 0 Å². The van der Waals surface area contributed by atoms with E-state index in [-0.39, 0.29) is 5.69 Å². The molecular formula is C11H13N5O2S. The molecule has 2 rings (SSSR count). The van der Waals surface area contributed by atoms with E-state index in [4.69, 9.17) is 0 Å². The molecule has 0 aliphatic heterocycles. The fourth-order valence-electron chi connectivity index (χ4n) is 1.47. The van der Waals surface area contributed by atoms with Gasteiger partial charge in [0.1, 0.15) is 6.33 Å². The van der Waals surface area contributed by atoms with Gasteiger partial charge in [0, 0.05) is 29.3 Å². The maximum absolute atomic E-state index is 10.9. The van der Waals surface area contributed by atoms with Crippen LogP contribution in [0.25, 0.3) is 0 Å². The zero-order valence-electron chi connectivity index (χ0n) is 10.3. The molecule has 0 radical (unpaired) electrons. The molecule has 0 saturated carbocycles. The molecule has 19 heavy (non-hydrogen) atoms. The molecule has 0 aliphatic carbocycles. The van der Waals surface area contributed by atoms with Gasteiger partial charge in [-0.15, -0.1) is 0 Å². The number of H-pyrrole nitrogens is 1. The Morgan fingerprint density at radius 3 is 2.95 bits per heavy atom. The zero-order chi connectivity index (χ0) is 13.7. The van der Waals surface area contributed by atoms with Crippen LogP contribution < -0.4 is 5.32 Å². The largest absolute Gasteiger partial charge is 0.385 e. The fraction of sp³-hybridized carbons (Fsp3) is 0.273. The molecule has 100 valence electrons. The molecule has 0 unspecified atom stereocenters. The molecule has 0 fully saturated rings. The van der Waals surface area contributed by atoms with Gasteiger partial charge < -0.3 is 5.32 Å². The van der Waals surface area contributed by atoms with Crippen molar-refractivity contribution < 1.29 is 4.92 Å². The number of benzene rings is 1. The molecular weight excluding hydrogens is 266 g/mol. The molecule has 2 aromatic rings. The second kappa shape index (κ2) is 6.19. The first-order valence-electron chi connectivity index (χ1n) is 5.75. The number of rotatable bonds is 6. The van der Waals surface area contributed by atoms with E-state index in [0.717, 1.165) is 23.5 Å². The Morgan fingerprint density at radius 2 is 2.32 bits per heavy atom. The molecule has 1 aromatic heterocycles. The number of nitro groups is 1. The zero-order valence-corrected chi connectivity index (χ0v) is 11.1. The summed E-state index contributed by atoms with van der Waals surface area (Å²) in [6.45, 7) is 2.81. The smallest absolute Gasteiger partial charge is 0.272 e. The summed E-state index contributed by atoms with van der Waals surface area (Å²) in [6.07, 6.45) is 2.35. The summed E-state index contributed by atoms with van der Waals surface area (Å²) in [5, 5.41) is 21.1. The first-order valence-corrected chi connectivity index (χ1v) is 6.57. The summed E-state index contributed by atoms with van der Waals surface area (Å²) >= 11 is 1.30. The Hall–Kier alpha value is -2.09. The summed E-state index contributed by atoms with van der Waals surface area (Å²) in [7, 11) is 0. The standard InChI is InChI=1S/C11H13N5O2S/c1-2-3-12-8-4-9(16(17)18)6-10(5-8)19-11-13-7-14-15-11/h4-7,12H,2-3H2,1H3,(H,13,14,15). The minimum absolute atomic E-state index is 0.0584. The monoisotopic (exact) mass is 279 g/mol. The van der Waals surface area contributed by atoms with E-state index in [2.05, 4.69) is 20.5 Å². The number of nitrogens with one attached hydrogen (secondary N) is 2. The molecule has 0 atom stereocenters. The number of anilines is 1. The van der Waals surface area contributed by atoms with Gasteiger partial charge in [-0.3, -0.25) is 15.2 Å². The van der Waals surface area contributed by atoms with Crippen molar-refractivity contribution in [1.29, 1.82) is 0 Å². The Kier molecular flexibility index (Phi) is 4.35. The van der Waals surface area contributed by atoms with Crippen LogP contribution in [0.15, 0.2) is 34.6 Å². The molecule has 7 nitrogen and oxygen atoms in total. The topological polar surface area (TPSA) is 96.7 Å². The van der Waals surface area contributed by atoms with Gasteiger partial charge in [0.2, 0.25) is 0 Å². The molecule has 2 N–H and O–H groups in total. The number of nitrogens with zero attached hydrogens (tertiary/aromatic N) is 3. The lowest BCUT2D eigenvalue weighted by molar-refractivity contribution is -0.385. The summed E-state index contributed by atoms with van der Waals surface area (Å²) < 4.78 is 0. The van der Waals surface area contributed by atoms with Gasteiger partial charge in [0.05, 0.1) is 4.92 Å². The minimum atomic E-state index is -0.401. The van der Waals surface area contributed by atoms with Crippen LogP contribution in [0.5, 0.6) is 0 Å². The number of hydrogen-bond acceptors (Lipinski definition) is 6. The minimum Gasteiger partial charge on any atom is -0.385 e. The van der Waals surface area contributed by atoms with Crippen LogP contribution in [0.1, 0.15) is 13.3 Å². The van der Waals surface area contributed by atoms with Gasteiger partial charge in [-0.05, 0) is 12.5 Å². The second-order valence-electron chi connectivity index (χ2n) is 3.79. The van der Waals surface area contributed by atoms with Gasteiger partial charge in [0.15, 0.2) is 5.16 Å². The van der Waals surface area contributed by atoms with Crippen LogP contribution in [-0.4, -0.2) is 26.6 Å². The van der Waals surface area contributed by atoms with E-state index in [9.17, 15) is 10.1 Å². The average Bonchev–Trinajstić information content (AvgIpc) is 2.89. The summed E-state index contributed by atoms with van der Waals surface area (Å²) in [5.41, 5.74) is 0.793. The van der Waals surface area contributed by atoms with Crippen LogP contribution in [0.2, 0.25) is 0 Å². The van der Waals surface area contributed by atoms with Crippen LogP contribution in [0.3, 0.4) is 0 Å². The summed E-state index contributed by atoms with van der Waals surface area (Å²) in [6, 6.07) is 4.90. The summed E-state index contributed by atoms with van der Waals surface area (Å²) in [4.78, 5) is 15.2. The maximum Gasteiger partial charge on any atom is 0.272 e. The van der Waals surface area contributed by atoms with Gasteiger partial charge >= 0.3 is 0 Å². The maximum atomic E-state index is 10.9. The Balaban J connectivity index is 2.25. The highest BCUT2D eigenvalue weighted by atomic mass is 32.2. The third-order valence-electron chi connectivity index (χ3n) is 2.29. The van der Waals surface area contributed by atoms with E-state index in [1.54, 1.807) is 0 Å². The Morgan fingerprint density at radius 1 is 1.47 bits per heavy atom. The van der Waals surface area contributed by atoms with Crippen LogP contribution in [0, 0.1) is 10.1 Å². The number of non-ortho nitro benzene ring substituents is 1. The number of nitro benzene ring substituents is 1. The first-order chi connectivity index (χ1) is 9.19. The molecule has 0 aliphatic rings. The lowest BCUT2D eigenvalue weighted by Crippen LogP contribution is -2.00.